The molecule has 1 aromatic heterocycles. The van der Waals surface area contributed by atoms with Crippen LogP contribution in [0.2, 0.25) is 0 Å². The molecule has 0 spiro atoms. The van der Waals surface area contributed by atoms with E-state index in [-0.39, 0.29) is 37.1 Å². The van der Waals surface area contributed by atoms with Crippen molar-refractivity contribution < 1.29 is 29.4 Å². The lowest BCUT2D eigenvalue weighted by atomic mass is 9.94. The molecule has 4 atom stereocenters. The molecule has 2 heterocycles. The first kappa shape index (κ1) is 25.2. The maximum absolute atomic E-state index is 12.2. The van der Waals surface area contributed by atoms with E-state index in [1.165, 1.54) is 0 Å². The second-order valence-electron chi connectivity index (χ2n) is 7.99. The van der Waals surface area contributed by atoms with Crippen LogP contribution in [0.3, 0.4) is 0 Å². The van der Waals surface area contributed by atoms with Crippen LogP contribution in [-0.2, 0) is 19.2 Å². The summed E-state index contributed by atoms with van der Waals surface area (Å²) in [7, 11) is 2.03. The first-order chi connectivity index (χ1) is 15.2. The second-order valence-corrected chi connectivity index (χ2v) is 7.99. The highest BCUT2D eigenvalue weighted by molar-refractivity contribution is 5.87. The Hall–Kier alpha value is -3.05. The molecule has 1 aliphatic heterocycles. The Balaban J connectivity index is 1.77. The molecule has 1 fully saturated rings. The van der Waals surface area contributed by atoms with E-state index >= 15 is 0 Å². The summed E-state index contributed by atoms with van der Waals surface area (Å²) in [5.74, 6) is -3.45. The van der Waals surface area contributed by atoms with Gasteiger partial charge in [-0.1, -0.05) is 6.07 Å². The largest absolute Gasteiger partial charge is 0.481 e. The zero-order chi connectivity index (χ0) is 23.7. The number of nitrogens with one attached hydrogen (secondary N) is 3. The van der Waals surface area contributed by atoms with Gasteiger partial charge in [-0.3, -0.25) is 24.3 Å². The van der Waals surface area contributed by atoms with Crippen LogP contribution < -0.4 is 16.4 Å². The van der Waals surface area contributed by atoms with Crippen LogP contribution in [0, 0.1) is 5.92 Å². The number of carboxylic acid groups (broad SMARTS) is 2. The second kappa shape index (κ2) is 12.1. The van der Waals surface area contributed by atoms with Gasteiger partial charge in [0.15, 0.2) is 0 Å². The van der Waals surface area contributed by atoms with Gasteiger partial charge in [0.2, 0.25) is 11.8 Å². The van der Waals surface area contributed by atoms with Crippen LogP contribution in [-0.4, -0.2) is 76.1 Å². The van der Waals surface area contributed by atoms with Crippen molar-refractivity contribution in [2.24, 2.45) is 5.92 Å². The number of amides is 2. The summed E-state index contributed by atoms with van der Waals surface area (Å²) in [6.07, 6.45) is 3.65. The Morgan fingerprint density at radius 1 is 1.25 bits per heavy atom. The lowest BCUT2D eigenvalue weighted by molar-refractivity contribution is -0.143. The number of rotatable bonds is 12. The van der Waals surface area contributed by atoms with Crippen LogP contribution >= 0.6 is 0 Å². The fraction of sp³-hybridized carbons (Fsp3) is 0.571. The summed E-state index contributed by atoms with van der Waals surface area (Å²) in [6.45, 7) is 1.37. The minimum absolute atomic E-state index is 0.0471. The minimum Gasteiger partial charge on any atom is -0.481 e. The summed E-state index contributed by atoms with van der Waals surface area (Å²) in [6, 6.07) is 1.33. The molecule has 0 bridgehead atoms. The molecule has 1 aromatic rings. The normalized spacial score (nSPS) is 20.3. The van der Waals surface area contributed by atoms with E-state index in [4.69, 9.17) is 15.9 Å². The van der Waals surface area contributed by atoms with E-state index in [1.54, 1.807) is 6.20 Å². The number of hydrogen-bond acceptors (Lipinski definition) is 6. The Morgan fingerprint density at radius 3 is 2.62 bits per heavy atom. The molecular weight excluding hydrogens is 418 g/mol. The highest BCUT2D eigenvalue weighted by atomic mass is 16.4. The van der Waals surface area contributed by atoms with Gasteiger partial charge in [0.05, 0.1) is 0 Å². The molecule has 0 aliphatic carbocycles. The Morgan fingerprint density at radius 2 is 2.00 bits per heavy atom. The number of carbonyl (C=O) groups is 4. The summed E-state index contributed by atoms with van der Waals surface area (Å²) in [5.41, 5.74) is 8.97. The number of aliphatic carboxylic acids is 2. The number of carboxylic acids is 2. The highest BCUT2D eigenvalue weighted by Gasteiger charge is 2.33. The first-order valence-corrected chi connectivity index (χ1v) is 10.5. The minimum atomic E-state index is -1.39. The topological polar surface area (TPSA) is 173 Å². The van der Waals surface area contributed by atoms with Crippen molar-refractivity contribution in [3.05, 3.63) is 30.1 Å². The predicted molar refractivity (Wildman–Crippen MR) is 113 cm³/mol. The summed E-state index contributed by atoms with van der Waals surface area (Å²) in [5, 5.41) is 22.8. The van der Waals surface area contributed by atoms with Crippen molar-refractivity contribution in [1.29, 1.82) is 0 Å². The van der Waals surface area contributed by atoms with Crippen molar-refractivity contribution in [1.82, 2.24) is 26.3 Å². The number of aromatic nitrogens is 1. The van der Waals surface area contributed by atoms with E-state index in [0.717, 1.165) is 18.5 Å². The molecule has 11 nitrogen and oxygen atoms in total. The van der Waals surface area contributed by atoms with Crippen molar-refractivity contribution >= 4 is 23.8 Å². The van der Waals surface area contributed by atoms with Crippen molar-refractivity contribution in [2.45, 2.75) is 50.2 Å². The number of likely N-dealkylation sites (tertiary alicyclic amines) is 1. The third kappa shape index (κ3) is 7.57. The van der Waals surface area contributed by atoms with Gasteiger partial charge in [0, 0.05) is 37.8 Å². The SMILES string of the molecule is CN1CCC(CNC(=O)CCC([NH])C(=O)NC(CCC(=O)O)C(=O)O)C1c1cccnc1. The third-order valence-corrected chi connectivity index (χ3v) is 5.60. The molecule has 1 saturated heterocycles. The number of pyridine rings is 1. The van der Waals surface area contributed by atoms with E-state index in [2.05, 4.69) is 20.5 Å². The fourth-order valence-corrected chi connectivity index (χ4v) is 3.85. The molecule has 0 saturated carbocycles. The lowest BCUT2D eigenvalue weighted by Gasteiger charge is -2.25. The van der Waals surface area contributed by atoms with E-state index < -0.39 is 36.4 Å². The van der Waals surface area contributed by atoms with E-state index in [9.17, 15) is 19.2 Å². The van der Waals surface area contributed by atoms with E-state index in [1.807, 2.05) is 25.4 Å². The Kier molecular flexibility index (Phi) is 9.54. The van der Waals surface area contributed by atoms with Gasteiger partial charge in [-0.15, -0.1) is 0 Å². The quantitative estimate of drug-likeness (QED) is 0.347. The Labute approximate surface area is 186 Å². The van der Waals surface area contributed by atoms with Crippen molar-refractivity contribution in [2.75, 3.05) is 20.1 Å². The Bertz CT molecular complexity index is 805. The van der Waals surface area contributed by atoms with Gasteiger partial charge < -0.3 is 20.8 Å². The smallest absolute Gasteiger partial charge is 0.326 e. The monoisotopic (exact) mass is 448 g/mol. The van der Waals surface area contributed by atoms with Gasteiger partial charge >= 0.3 is 11.9 Å². The van der Waals surface area contributed by atoms with Crippen LogP contribution in [0.15, 0.2) is 24.5 Å². The first-order valence-electron chi connectivity index (χ1n) is 10.5. The van der Waals surface area contributed by atoms with Crippen LogP contribution in [0.5, 0.6) is 0 Å². The molecule has 11 heteroatoms. The third-order valence-electron chi connectivity index (χ3n) is 5.60. The highest BCUT2D eigenvalue weighted by Crippen LogP contribution is 2.35. The van der Waals surface area contributed by atoms with Crippen molar-refractivity contribution in [3.63, 3.8) is 0 Å². The molecule has 1 aliphatic rings. The molecule has 4 unspecified atom stereocenters. The summed E-state index contributed by atoms with van der Waals surface area (Å²) < 4.78 is 0. The molecule has 2 amide bonds. The van der Waals surface area contributed by atoms with Gasteiger partial charge in [-0.25, -0.2) is 10.5 Å². The maximum atomic E-state index is 12.2. The molecule has 1 radical (unpaired) electrons. The van der Waals surface area contributed by atoms with Crippen LogP contribution in [0.1, 0.15) is 43.7 Å². The van der Waals surface area contributed by atoms with Crippen LogP contribution in [0.4, 0.5) is 0 Å². The van der Waals surface area contributed by atoms with Gasteiger partial charge in [0.25, 0.3) is 0 Å². The van der Waals surface area contributed by atoms with E-state index in [0.29, 0.717) is 6.54 Å². The average molecular weight is 449 g/mol. The van der Waals surface area contributed by atoms with Crippen molar-refractivity contribution in [3.8, 4) is 0 Å². The van der Waals surface area contributed by atoms with Gasteiger partial charge in [-0.05, 0) is 50.4 Å². The molecule has 32 heavy (non-hydrogen) atoms. The number of carbonyl (C=O) groups excluding carboxylic acids is 2. The predicted octanol–water partition coefficient (Wildman–Crippen LogP) is 0.0565. The zero-order valence-electron chi connectivity index (χ0n) is 18.0. The number of hydrogen-bond donors (Lipinski definition) is 4. The molecule has 5 N–H and O–H groups in total. The molecule has 175 valence electrons. The molecule has 2 rings (SSSR count). The zero-order valence-corrected chi connectivity index (χ0v) is 18.0. The fourth-order valence-electron chi connectivity index (χ4n) is 3.85. The number of nitrogens with zero attached hydrogens (tertiary/aromatic N) is 2. The van der Waals surface area contributed by atoms with Gasteiger partial charge in [-0.2, -0.15) is 0 Å². The molecule has 0 aromatic carbocycles. The molecular formula is C21H30N5O6. The summed E-state index contributed by atoms with van der Waals surface area (Å²) in [4.78, 5) is 52.5. The standard InChI is InChI=1S/C21H30N5O6/c1-26-10-8-14(19(26)13-3-2-9-23-11-13)12-24-17(27)6-4-15(22)20(30)25-16(21(31)32)5-7-18(28)29/h2-3,9,11,14-16,19,22H,4-8,10,12H2,1H3,(H,24,27)(H,25,30)(H,28,29)(H,31,32). The van der Waals surface area contributed by atoms with Crippen LogP contribution in [0.25, 0.3) is 0 Å². The summed E-state index contributed by atoms with van der Waals surface area (Å²) >= 11 is 0. The average Bonchev–Trinajstić information content (AvgIpc) is 3.13. The maximum Gasteiger partial charge on any atom is 0.326 e. The van der Waals surface area contributed by atoms with Gasteiger partial charge in [0.1, 0.15) is 12.1 Å². The lowest BCUT2D eigenvalue weighted by Crippen LogP contribution is -2.46.